The molecule has 1 aliphatic rings. The first-order chi connectivity index (χ1) is 8.99. The molecule has 2 rings (SSSR count). The summed E-state index contributed by atoms with van der Waals surface area (Å²) in [4.78, 5) is 5.78. The summed E-state index contributed by atoms with van der Waals surface area (Å²) in [6.07, 6.45) is 0.598. The molecule has 0 radical (unpaired) electrons. The number of ether oxygens (including phenoxy) is 2. The van der Waals surface area contributed by atoms with E-state index in [9.17, 15) is 5.21 Å². The van der Waals surface area contributed by atoms with E-state index >= 15 is 0 Å². The molecule has 0 N–H and O–H groups in total. The van der Waals surface area contributed by atoms with Crippen molar-refractivity contribution in [2.45, 2.75) is 32.0 Å². The fourth-order valence-electron chi connectivity index (χ4n) is 2.25. The van der Waals surface area contributed by atoms with Crippen molar-refractivity contribution in [2.24, 2.45) is 0 Å². The second-order valence-electron chi connectivity index (χ2n) is 4.86. The Morgan fingerprint density at radius 1 is 1.32 bits per heavy atom. The van der Waals surface area contributed by atoms with Gasteiger partial charge in [0.2, 0.25) is 5.71 Å². The summed E-state index contributed by atoms with van der Waals surface area (Å²) in [5.41, 5.74) is 1.67. The monoisotopic (exact) mass is 265 g/mol. The van der Waals surface area contributed by atoms with E-state index < -0.39 is 5.79 Å². The van der Waals surface area contributed by atoms with Gasteiger partial charge < -0.3 is 14.3 Å². The van der Waals surface area contributed by atoms with Crippen LogP contribution in [0.4, 0.5) is 0 Å². The normalized spacial score (nSPS) is 27.1. The first kappa shape index (κ1) is 13.7. The second-order valence-corrected chi connectivity index (χ2v) is 4.86. The van der Waals surface area contributed by atoms with Crippen molar-refractivity contribution < 1.29 is 19.2 Å². The highest BCUT2D eigenvalue weighted by Gasteiger charge is 2.39. The molecule has 19 heavy (non-hydrogen) atoms. The van der Waals surface area contributed by atoms with Crippen molar-refractivity contribution in [1.82, 2.24) is 0 Å². The average Bonchev–Trinajstić information content (AvgIpc) is 2.43. The lowest BCUT2D eigenvalue weighted by Gasteiger charge is -2.37. The van der Waals surface area contributed by atoms with Crippen LogP contribution >= 0.6 is 0 Å². The standard InChI is InChI=1S/C14H19NO4/c1-10-13(9-14(2,18-4)19-15(10)16)11-5-7-12(17-3)8-6-11/h5-8,13H,9H2,1-4H3. The van der Waals surface area contributed by atoms with Crippen LogP contribution in [0.15, 0.2) is 24.3 Å². The Morgan fingerprint density at radius 3 is 2.47 bits per heavy atom. The van der Waals surface area contributed by atoms with Crippen LogP contribution in [0.2, 0.25) is 0 Å². The van der Waals surface area contributed by atoms with Crippen LogP contribution in [-0.2, 0) is 9.57 Å². The summed E-state index contributed by atoms with van der Waals surface area (Å²) in [6, 6.07) is 7.69. The van der Waals surface area contributed by atoms with Crippen molar-refractivity contribution in [1.29, 1.82) is 0 Å². The van der Waals surface area contributed by atoms with Crippen molar-refractivity contribution >= 4 is 5.71 Å². The smallest absolute Gasteiger partial charge is 0.226 e. The van der Waals surface area contributed by atoms with Gasteiger partial charge in [0.05, 0.1) is 13.0 Å². The molecule has 0 aromatic heterocycles. The lowest BCUT2D eigenvalue weighted by molar-refractivity contribution is -0.787. The van der Waals surface area contributed by atoms with Crippen LogP contribution in [0.3, 0.4) is 0 Å². The van der Waals surface area contributed by atoms with Gasteiger partial charge in [-0.3, -0.25) is 5.21 Å². The molecule has 1 aromatic carbocycles. The molecule has 0 spiro atoms. The number of benzene rings is 1. The zero-order valence-electron chi connectivity index (χ0n) is 11.7. The highest BCUT2D eigenvalue weighted by Crippen LogP contribution is 2.34. The summed E-state index contributed by atoms with van der Waals surface area (Å²) in [6.45, 7) is 3.54. The summed E-state index contributed by atoms with van der Waals surface area (Å²) in [5.74, 6) is -0.129. The maximum Gasteiger partial charge on any atom is 0.226 e. The molecule has 0 saturated carbocycles. The fourth-order valence-corrected chi connectivity index (χ4v) is 2.25. The van der Waals surface area contributed by atoms with E-state index in [1.54, 1.807) is 28.1 Å². The number of methoxy groups -OCH3 is 2. The van der Waals surface area contributed by atoms with Crippen LogP contribution in [0.25, 0.3) is 0 Å². The third-order valence-corrected chi connectivity index (χ3v) is 3.59. The Bertz CT molecular complexity index is 483. The molecule has 5 nitrogen and oxygen atoms in total. The third kappa shape index (κ3) is 2.66. The van der Waals surface area contributed by atoms with Gasteiger partial charge in [-0.1, -0.05) is 12.1 Å². The lowest BCUT2D eigenvalue weighted by Crippen LogP contribution is -2.43. The Labute approximate surface area is 112 Å². The van der Waals surface area contributed by atoms with Crippen LogP contribution in [-0.4, -0.2) is 30.6 Å². The molecule has 0 fully saturated rings. The molecule has 2 atom stereocenters. The third-order valence-electron chi connectivity index (χ3n) is 3.59. The van der Waals surface area contributed by atoms with Gasteiger partial charge in [0, 0.05) is 25.4 Å². The summed E-state index contributed by atoms with van der Waals surface area (Å²) in [7, 11) is 3.17. The van der Waals surface area contributed by atoms with Gasteiger partial charge in [-0.2, -0.15) is 0 Å². The number of hydrogen-bond acceptors (Lipinski definition) is 4. The van der Waals surface area contributed by atoms with E-state index in [1.165, 1.54) is 0 Å². The van der Waals surface area contributed by atoms with E-state index in [0.717, 1.165) is 11.3 Å². The van der Waals surface area contributed by atoms with Crippen LogP contribution in [0.5, 0.6) is 5.75 Å². The molecule has 0 bridgehead atoms. The molecular formula is C14H19NO4. The molecule has 1 heterocycles. The van der Waals surface area contributed by atoms with Crippen molar-refractivity contribution in [2.75, 3.05) is 14.2 Å². The Hall–Kier alpha value is -1.75. The topological polar surface area (TPSA) is 53.8 Å². The maximum atomic E-state index is 11.8. The highest BCUT2D eigenvalue weighted by molar-refractivity contribution is 5.84. The van der Waals surface area contributed by atoms with Gasteiger partial charge in [0.1, 0.15) is 5.75 Å². The number of nitrogens with zero attached hydrogens (tertiary/aromatic N) is 1. The summed E-state index contributed by atoms with van der Waals surface area (Å²) < 4.78 is 10.4. The Balaban J connectivity index is 2.33. The molecule has 0 aliphatic carbocycles. The number of rotatable bonds is 3. The van der Waals surface area contributed by atoms with Crippen molar-refractivity contribution in [3.8, 4) is 5.75 Å². The molecule has 0 saturated heterocycles. The van der Waals surface area contributed by atoms with E-state index in [1.807, 2.05) is 24.3 Å². The van der Waals surface area contributed by atoms with Gasteiger partial charge in [-0.25, -0.2) is 0 Å². The van der Waals surface area contributed by atoms with Gasteiger partial charge in [0.25, 0.3) is 0 Å². The largest absolute Gasteiger partial charge is 0.497 e. The fraction of sp³-hybridized carbons (Fsp3) is 0.500. The predicted octanol–water partition coefficient (Wildman–Crippen LogP) is 2.45. The highest BCUT2D eigenvalue weighted by atomic mass is 16.9. The first-order valence-electron chi connectivity index (χ1n) is 6.18. The quantitative estimate of drug-likeness (QED) is 0.788. The Kier molecular flexibility index (Phi) is 3.66. The number of hydrogen-bond donors (Lipinski definition) is 0. The molecular weight excluding hydrogens is 246 g/mol. The van der Waals surface area contributed by atoms with Gasteiger partial charge >= 0.3 is 0 Å². The summed E-state index contributed by atoms with van der Waals surface area (Å²) >= 11 is 0. The van der Waals surface area contributed by atoms with Gasteiger partial charge in [0.15, 0.2) is 5.79 Å². The van der Waals surface area contributed by atoms with Gasteiger partial charge in [-0.05, 0) is 24.6 Å². The lowest BCUT2D eigenvalue weighted by atomic mass is 9.87. The Morgan fingerprint density at radius 2 is 1.95 bits per heavy atom. The molecule has 104 valence electrons. The minimum atomic E-state index is -0.897. The van der Waals surface area contributed by atoms with Crippen LogP contribution < -0.4 is 4.74 Å². The van der Waals surface area contributed by atoms with Gasteiger partial charge in [-0.15, -0.1) is 0 Å². The van der Waals surface area contributed by atoms with Crippen molar-refractivity contribution in [3.63, 3.8) is 0 Å². The van der Waals surface area contributed by atoms with E-state index in [4.69, 9.17) is 14.3 Å². The first-order valence-corrected chi connectivity index (χ1v) is 6.18. The van der Waals surface area contributed by atoms with Crippen LogP contribution in [0.1, 0.15) is 31.7 Å². The molecule has 1 aromatic rings. The zero-order valence-corrected chi connectivity index (χ0v) is 11.7. The summed E-state index contributed by atoms with van der Waals surface area (Å²) in [5, 5.41) is 11.8. The molecule has 0 amide bonds. The average molecular weight is 265 g/mol. The SMILES string of the molecule is COc1ccc(C2CC(C)(OC)O[N+]([O-])=C2C)cc1. The van der Waals surface area contributed by atoms with E-state index in [0.29, 0.717) is 17.0 Å². The minimum Gasteiger partial charge on any atom is -0.497 e. The van der Waals surface area contributed by atoms with Crippen LogP contribution in [0, 0.1) is 5.21 Å². The van der Waals surface area contributed by atoms with Crippen molar-refractivity contribution in [3.05, 3.63) is 35.0 Å². The maximum absolute atomic E-state index is 11.8. The zero-order chi connectivity index (χ0) is 14.0. The molecule has 1 aliphatic heterocycles. The second kappa shape index (κ2) is 5.09. The van der Waals surface area contributed by atoms with E-state index in [2.05, 4.69) is 0 Å². The minimum absolute atomic E-state index is 0.0258. The van der Waals surface area contributed by atoms with E-state index in [-0.39, 0.29) is 5.92 Å². The predicted molar refractivity (Wildman–Crippen MR) is 71.2 cm³/mol. The molecule has 2 unspecified atom stereocenters. The molecule has 5 heteroatoms.